The average Bonchev–Trinajstić information content (AvgIpc) is 2.70. The van der Waals surface area contributed by atoms with Crippen LogP contribution in [0.15, 0.2) is 42.7 Å². The van der Waals surface area contributed by atoms with Gasteiger partial charge in [0.2, 0.25) is 0 Å². The SMILES string of the molecule is Cc1cccc(OCC(=O)N2CCC(NC(=O)c3cccnc3)CC2)c1C. The Morgan fingerprint density at radius 2 is 1.96 bits per heavy atom. The standard InChI is InChI=1S/C21H25N3O3/c1-15-5-3-7-19(16(15)2)27-14-20(25)24-11-8-18(9-12-24)23-21(26)17-6-4-10-22-13-17/h3-7,10,13,18H,8-9,11-12,14H2,1-2H3,(H,23,26). The van der Waals surface area contributed by atoms with E-state index in [1.54, 1.807) is 29.4 Å². The minimum atomic E-state index is -0.119. The molecule has 1 aromatic carbocycles. The highest BCUT2D eigenvalue weighted by molar-refractivity contribution is 5.94. The largest absolute Gasteiger partial charge is 0.483 e. The molecular formula is C21H25N3O3. The first-order chi connectivity index (χ1) is 13.0. The van der Waals surface area contributed by atoms with Gasteiger partial charge in [-0.25, -0.2) is 0 Å². The molecule has 2 amide bonds. The highest BCUT2D eigenvalue weighted by atomic mass is 16.5. The summed E-state index contributed by atoms with van der Waals surface area (Å²) >= 11 is 0. The molecule has 142 valence electrons. The molecule has 6 nitrogen and oxygen atoms in total. The van der Waals surface area contributed by atoms with E-state index in [4.69, 9.17) is 4.74 Å². The van der Waals surface area contributed by atoms with E-state index in [9.17, 15) is 9.59 Å². The van der Waals surface area contributed by atoms with Crippen LogP contribution in [0.1, 0.15) is 34.3 Å². The van der Waals surface area contributed by atoms with Crippen LogP contribution >= 0.6 is 0 Å². The molecule has 0 radical (unpaired) electrons. The van der Waals surface area contributed by atoms with Crippen molar-refractivity contribution in [2.45, 2.75) is 32.7 Å². The number of piperidine rings is 1. The van der Waals surface area contributed by atoms with Gasteiger partial charge in [-0.1, -0.05) is 12.1 Å². The van der Waals surface area contributed by atoms with Gasteiger partial charge >= 0.3 is 0 Å². The number of carbonyl (C=O) groups is 2. The van der Waals surface area contributed by atoms with Gasteiger partial charge < -0.3 is 15.0 Å². The fraction of sp³-hybridized carbons (Fsp3) is 0.381. The maximum atomic E-state index is 12.4. The Kier molecular flexibility index (Phi) is 6.06. The number of benzene rings is 1. The van der Waals surface area contributed by atoms with Gasteiger partial charge in [-0.2, -0.15) is 0 Å². The first-order valence-corrected chi connectivity index (χ1v) is 9.22. The van der Waals surface area contributed by atoms with Crippen LogP contribution in [0.25, 0.3) is 0 Å². The minimum absolute atomic E-state index is 0.0204. The minimum Gasteiger partial charge on any atom is -0.483 e. The van der Waals surface area contributed by atoms with Crippen molar-refractivity contribution in [3.8, 4) is 5.75 Å². The third kappa shape index (κ3) is 4.84. The molecule has 0 unspecified atom stereocenters. The number of aromatic nitrogens is 1. The Labute approximate surface area is 159 Å². The van der Waals surface area contributed by atoms with Crippen molar-refractivity contribution < 1.29 is 14.3 Å². The topological polar surface area (TPSA) is 71.5 Å². The van der Waals surface area contributed by atoms with E-state index in [0.717, 1.165) is 29.7 Å². The van der Waals surface area contributed by atoms with Crippen LogP contribution < -0.4 is 10.1 Å². The Hall–Kier alpha value is -2.89. The fourth-order valence-corrected chi connectivity index (χ4v) is 3.15. The molecule has 6 heteroatoms. The molecule has 1 N–H and O–H groups in total. The Balaban J connectivity index is 1.45. The number of rotatable bonds is 5. The summed E-state index contributed by atoms with van der Waals surface area (Å²) in [5, 5.41) is 3.02. The van der Waals surface area contributed by atoms with Gasteiger partial charge in [0.05, 0.1) is 5.56 Å². The van der Waals surface area contributed by atoms with Crippen LogP contribution in [0.5, 0.6) is 5.75 Å². The first kappa shape index (κ1) is 18.9. The third-order valence-electron chi connectivity index (χ3n) is 5.01. The van der Waals surface area contributed by atoms with Crippen molar-refractivity contribution in [2.24, 2.45) is 0 Å². The number of likely N-dealkylation sites (tertiary alicyclic amines) is 1. The lowest BCUT2D eigenvalue weighted by Gasteiger charge is -2.32. The normalized spacial score (nSPS) is 14.7. The van der Waals surface area contributed by atoms with Gasteiger partial charge in [0.25, 0.3) is 11.8 Å². The first-order valence-electron chi connectivity index (χ1n) is 9.22. The van der Waals surface area contributed by atoms with E-state index in [1.807, 2.05) is 32.0 Å². The highest BCUT2D eigenvalue weighted by Gasteiger charge is 2.24. The molecule has 3 rings (SSSR count). The zero-order chi connectivity index (χ0) is 19.2. The monoisotopic (exact) mass is 367 g/mol. The van der Waals surface area contributed by atoms with Crippen molar-refractivity contribution in [2.75, 3.05) is 19.7 Å². The zero-order valence-electron chi connectivity index (χ0n) is 15.8. The maximum Gasteiger partial charge on any atom is 0.260 e. The summed E-state index contributed by atoms with van der Waals surface area (Å²) in [5.74, 6) is 0.612. The number of carbonyl (C=O) groups excluding carboxylic acids is 2. The van der Waals surface area contributed by atoms with Crippen molar-refractivity contribution >= 4 is 11.8 Å². The van der Waals surface area contributed by atoms with Gasteiger partial charge in [0.15, 0.2) is 6.61 Å². The van der Waals surface area contributed by atoms with Crippen LogP contribution in [0.4, 0.5) is 0 Å². The van der Waals surface area contributed by atoms with Gasteiger partial charge in [-0.3, -0.25) is 14.6 Å². The Morgan fingerprint density at radius 3 is 2.67 bits per heavy atom. The molecule has 0 saturated carbocycles. The molecule has 1 aliphatic rings. The molecule has 27 heavy (non-hydrogen) atoms. The average molecular weight is 367 g/mol. The molecule has 2 aromatic rings. The molecule has 0 spiro atoms. The zero-order valence-corrected chi connectivity index (χ0v) is 15.8. The highest BCUT2D eigenvalue weighted by Crippen LogP contribution is 2.20. The van der Waals surface area contributed by atoms with Crippen LogP contribution in [-0.4, -0.2) is 47.4 Å². The van der Waals surface area contributed by atoms with Crippen LogP contribution in [-0.2, 0) is 4.79 Å². The Bertz CT molecular complexity index is 800. The summed E-state index contributed by atoms with van der Waals surface area (Å²) in [4.78, 5) is 30.4. The van der Waals surface area contributed by atoms with Crippen LogP contribution in [0.3, 0.4) is 0 Å². The predicted octanol–water partition coefficient (Wildman–Crippen LogP) is 2.50. The number of hydrogen-bond acceptors (Lipinski definition) is 4. The molecular weight excluding hydrogens is 342 g/mol. The summed E-state index contributed by atoms with van der Waals surface area (Å²) < 4.78 is 5.71. The molecule has 1 fully saturated rings. The molecule has 1 saturated heterocycles. The molecule has 1 aromatic heterocycles. The smallest absolute Gasteiger partial charge is 0.260 e. The van der Waals surface area contributed by atoms with Gasteiger partial charge in [-0.15, -0.1) is 0 Å². The van der Waals surface area contributed by atoms with Crippen molar-refractivity contribution in [1.29, 1.82) is 0 Å². The number of ether oxygens (including phenoxy) is 1. The van der Waals surface area contributed by atoms with E-state index < -0.39 is 0 Å². The van der Waals surface area contributed by atoms with Crippen molar-refractivity contribution in [1.82, 2.24) is 15.2 Å². The fourth-order valence-electron chi connectivity index (χ4n) is 3.15. The Morgan fingerprint density at radius 1 is 1.19 bits per heavy atom. The molecule has 0 aliphatic carbocycles. The van der Waals surface area contributed by atoms with Crippen molar-refractivity contribution in [3.05, 3.63) is 59.4 Å². The summed E-state index contributed by atoms with van der Waals surface area (Å²) in [6.45, 7) is 5.29. The maximum absolute atomic E-state index is 12.4. The third-order valence-corrected chi connectivity index (χ3v) is 5.01. The lowest BCUT2D eigenvalue weighted by atomic mass is 10.0. The number of nitrogens with zero attached hydrogens (tertiary/aromatic N) is 2. The second-order valence-electron chi connectivity index (χ2n) is 6.86. The summed E-state index contributed by atoms with van der Waals surface area (Å²) in [6.07, 6.45) is 4.67. The number of hydrogen-bond donors (Lipinski definition) is 1. The summed E-state index contributed by atoms with van der Waals surface area (Å²) in [5.41, 5.74) is 2.75. The summed E-state index contributed by atoms with van der Waals surface area (Å²) in [7, 11) is 0. The van der Waals surface area contributed by atoms with Crippen molar-refractivity contribution in [3.63, 3.8) is 0 Å². The van der Waals surface area contributed by atoms with Gasteiger partial charge in [0.1, 0.15) is 5.75 Å². The van der Waals surface area contributed by atoms with E-state index in [0.29, 0.717) is 18.7 Å². The number of aryl methyl sites for hydroxylation is 1. The van der Waals surface area contributed by atoms with E-state index in [1.165, 1.54) is 0 Å². The second kappa shape index (κ2) is 8.66. The van der Waals surface area contributed by atoms with Gasteiger partial charge in [-0.05, 0) is 56.0 Å². The summed E-state index contributed by atoms with van der Waals surface area (Å²) in [6, 6.07) is 9.39. The van der Waals surface area contributed by atoms with E-state index >= 15 is 0 Å². The second-order valence-corrected chi connectivity index (χ2v) is 6.86. The number of pyridine rings is 1. The lowest BCUT2D eigenvalue weighted by Crippen LogP contribution is -2.47. The predicted molar refractivity (Wildman–Crippen MR) is 103 cm³/mol. The molecule has 0 bridgehead atoms. The van der Waals surface area contributed by atoms with Crippen LogP contribution in [0.2, 0.25) is 0 Å². The van der Waals surface area contributed by atoms with E-state index in [-0.39, 0.29) is 24.5 Å². The van der Waals surface area contributed by atoms with Gasteiger partial charge in [0, 0.05) is 31.5 Å². The molecule has 0 atom stereocenters. The number of amides is 2. The lowest BCUT2D eigenvalue weighted by molar-refractivity contribution is -0.134. The van der Waals surface area contributed by atoms with Crippen LogP contribution in [0, 0.1) is 13.8 Å². The molecule has 1 aliphatic heterocycles. The number of nitrogens with one attached hydrogen (secondary N) is 1. The quantitative estimate of drug-likeness (QED) is 0.881. The van der Waals surface area contributed by atoms with E-state index in [2.05, 4.69) is 10.3 Å². The molecule has 2 heterocycles.